The quantitative estimate of drug-likeness (QED) is 0.498. The van der Waals surface area contributed by atoms with E-state index in [1.54, 1.807) is 17.9 Å². The van der Waals surface area contributed by atoms with Gasteiger partial charge in [0, 0.05) is 28.4 Å². The smallest absolute Gasteiger partial charge is 0.242 e. The average Bonchev–Trinajstić information content (AvgIpc) is 2.72. The molecule has 0 saturated carbocycles. The number of nitrogens with one attached hydrogen (secondary N) is 1. The summed E-state index contributed by atoms with van der Waals surface area (Å²) in [6.45, 7) is 6.06. The van der Waals surface area contributed by atoms with Gasteiger partial charge in [-0.25, -0.2) is 0 Å². The predicted octanol–water partition coefficient (Wildman–Crippen LogP) is 5.56. The summed E-state index contributed by atoms with van der Waals surface area (Å²) in [6.07, 6.45) is 0.831. The molecule has 0 aliphatic rings. The molecule has 0 aliphatic carbocycles. The van der Waals surface area contributed by atoms with Crippen LogP contribution in [0.1, 0.15) is 38.3 Å². The van der Waals surface area contributed by atoms with Crippen LogP contribution in [0.5, 0.6) is 0 Å². The highest BCUT2D eigenvalue weighted by Crippen LogP contribution is 2.19. The Morgan fingerprint density at radius 3 is 2.37 bits per heavy atom. The molecule has 2 aromatic rings. The zero-order valence-electron chi connectivity index (χ0n) is 17.5. The van der Waals surface area contributed by atoms with Gasteiger partial charge in [0.05, 0.1) is 5.75 Å². The second-order valence-corrected chi connectivity index (χ2v) is 9.12. The fourth-order valence-electron chi connectivity index (χ4n) is 2.80. The van der Waals surface area contributed by atoms with E-state index in [4.69, 9.17) is 23.2 Å². The Morgan fingerprint density at radius 2 is 1.73 bits per heavy atom. The average molecular weight is 467 g/mol. The highest BCUT2D eigenvalue weighted by molar-refractivity contribution is 7.99. The lowest BCUT2D eigenvalue weighted by Crippen LogP contribution is -2.50. The third kappa shape index (κ3) is 7.86. The lowest BCUT2D eigenvalue weighted by molar-refractivity contribution is -0.138. The number of hydrogen-bond acceptors (Lipinski definition) is 3. The summed E-state index contributed by atoms with van der Waals surface area (Å²) in [7, 11) is 0. The van der Waals surface area contributed by atoms with Crippen molar-refractivity contribution >= 4 is 46.8 Å². The first kappa shape index (κ1) is 24.6. The summed E-state index contributed by atoms with van der Waals surface area (Å²) < 4.78 is 0. The van der Waals surface area contributed by atoms with E-state index < -0.39 is 6.04 Å². The maximum atomic E-state index is 13.0. The number of benzene rings is 2. The minimum atomic E-state index is -0.582. The van der Waals surface area contributed by atoms with Crippen molar-refractivity contribution < 1.29 is 9.59 Å². The van der Waals surface area contributed by atoms with Crippen LogP contribution >= 0.6 is 35.0 Å². The maximum absolute atomic E-state index is 13.0. The van der Waals surface area contributed by atoms with Crippen LogP contribution in [-0.2, 0) is 21.9 Å². The summed E-state index contributed by atoms with van der Waals surface area (Å²) in [6, 6.07) is 14.4. The first-order valence-corrected chi connectivity index (χ1v) is 11.9. The number of thioether (sulfide) groups is 1. The zero-order valence-corrected chi connectivity index (χ0v) is 19.9. The van der Waals surface area contributed by atoms with Crippen molar-refractivity contribution in [3.8, 4) is 0 Å². The van der Waals surface area contributed by atoms with Crippen molar-refractivity contribution in [1.82, 2.24) is 10.2 Å². The molecule has 2 aromatic carbocycles. The van der Waals surface area contributed by atoms with E-state index in [-0.39, 0.29) is 23.6 Å². The topological polar surface area (TPSA) is 49.4 Å². The second-order valence-electron chi connectivity index (χ2n) is 7.26. The number of hydrogen-bond donors (Lipinski definition) is 1. The molecular formula is C23H28Cl2N2O2S. The molecule has 7 heteroatoms. The number of halogens is 2. The summed E-state index contributed by atoms with van der Waals surface area (Å²) in [4.78, 5) is 27.4. The molecule has 30 heavy (non-hydrogen) atoms. The summed E-state index contributed by atoms with van der Waals surface area (Å²) >= 11 is 13.5. The van der Waals surface area contributed by atoms with E-state index in [0.717, 1.165) is 17.5 Å². The van der Waals surface area contributed by atoms with E-state index >= 15 is 0 Å². The standard InChI is InChI=1S/C23H28Cl2N2O2S/c1-4-16(2)26-23(29)17(3)27(13-19-6-5-7-21(25)12-19)22(28)15-30-14-18-8-10-20(24)11-9-18/h5-12,16-17H,4,13-15H2,1-3H3,(H,26,29)/t16-,17-/m0/s1. The van der Waals surface area contributed by atoms with Crippen molar-refractivity contribution in [1.29, 1.82) is 0 Å². The molecule has 0 aliphatic heterocycles. The largest absolute Gasteiger partial charge is 0.352 e. The second kappa shape index (κ2) is 12.2. The highest BCUT2D eigenvalue weighted by atomic mass is 35.5. The van der Waals surface area contributed by atoms with Gasteiger partial charge >= 0.3 is 0 Å². The Hall–Kier alpha value is -1.69. The van der Waals surface area contributed by atoms with Crippen molar-refractivity contribution in [2.45, 2.75) is 51.6 Å². The number of amides is 2. The summed E-state index contributed by atoms with van der Waals surface area (Å²) in [5, 5.41) is 4.26. The molecule has 0 spiro atoms. The molecule has 0 radical (unpaired) electrons. The van der Waals surface area contributed by atoms with Crippen molar-refractivity contribution in [3.05, 3.63) is 69.7 Å². The Labute approximate surface area is 193 Å². The van der Waals surface area contributed by atoms with Gasteiger partial charge in [0.15, 0.2) is 0 Å². The third-order valence-corrected chi connectivity index (χ3v) is 6.29. The molecule has 1 N–H and O–H groups in total. The Morgan fingerprint density at radius 1 is 1.03 bits per heavy atom. The van der Waals surface area contributed by atoms with Gasteiger partial charge in [0.25, 0.3) is 0 Å². The van der Waals surface area contributed by atoms with Gasteiger partial charge in [-0.15, -0.1) is 11.8 Å². The molecule has 0 saturated heterocycles. The molecule has 162 valence electrons. The van der Waals surface area contributed by atoms with E-state index in [9.17, 15) is 9.59 Å². The minimum Gasteiger partial charge on any atom is -0.352 e. The van der Waals surface area contributed by atoms with Gasteiger partial charge in [-0.1, -0.05) is 54.4 Å². The monoisotopic (exact) mass is 466 g/mol. The van der Waals surface area contributed by atoms with Crippen LogP contribution in [0.25, 0.3) is 0 Å². The van der Waals surface area contributed by atoms with E-state index in [0.29, 0.717) is 22.3 Å². The fraction of sp³-hybridized carbons (Fsp3) is 0.391. The zero-order chi connectivity index (χ0) is 22.1. The van der Waals surface area contributed by atoms with Crippen LogP contribution < -0.4 is 5.32 Å². The number of carbonyl (C=O) groups is 2. The molecular weight excluding hydrogens is 439 g/mol. The number of rotatable bonds is 10. The molecule has 0 fully saturated rings. The van der Waals surface area contributed by atoms with Gasteiger partial charge in [0.1, 0.15) is 6.04 Å². The van der Waals surface area contributed by atoms with Gasteiger partial charge in [0.2, 0.25) is 11.8 Å². The van der Waals surface area contributed by atoms with E-state index in [1.807, 2.05) is 56.3 Å². The molecule has 2 amide bonds. The normalized spacial score (nSPS) is 12.8. The van der Waals surface area contributed by atoms with Crippen LogP contribution in [0.15, 0.2) is 48.5 Å². The minimum absolute atomic E-state index is 0.0577. The van der Waals surface area contributed by atoms with Crippen LogP contribution in [0.3, 0.4) is 0 Å². The molecule has 4 nitrogen and oxygen atoms in total. The third-order valence-electron chi connectivity index (χ3n) is 4.82. The van der Waals surface area contributed by atoms with Crippen LogP contribution in [0.2, 0.25) is 10.0 Å². The van der Waals surface area contributed by atoms with Gasteiger partial charge in [-0.05, 0) is 55.7 Å². The Kier molecular flexibility index (Phi) is 10.0. The Bertz CT molecular complexity index is 845. The molecule has 2 rings (SSSR count). The summed E-state index contributed by atoms with van der Waals surface area (Å²) in [5.74, 6) is 0.745. The first-order chi connectivity index (χ1) is 14.3. The molecule has 0 aromatic heterocycles. The predicted molar refractivity (Wildman–Crippen MR) is 127 cm³/mol. The van der Waals surface area contributed by atoms with Gasteiger partial charge in [-0.2, -0.15) is 0 Å². The maximum Gasteiger partial charge on any atom is 0.242 e. The fourth-order valence-corrected chi connectivity index (χ4v) is 4.01. The van der Waals surface area contributed by atoms with Gasteiger partial charge < -0.3 is 10.2 Å². The molecule has 0 bridgehead atoms. The van der Waals surface area contributed by atoms with Crippen molar-refractivity contribution in [2.75, 3.05) is 5.75 Å². The van der Waals surface area contributed by atoms with E-state index in [2.05, 4.69) is 5.32 Å². The van der Waals surface area contributed by atoms with Crippen LogP contribution in [0, 0.1) is 0 Å². The number of carbonyl (C=O) groups excluding carboxylic acids is 2. The lowest BCUT2D eigenvalue weighted by Gasteiger charge is -2.29. The van der Waals surface area contributed by atoms with E-state index in [1.165, 1.54) is 11.8 Å². The highest BCUT2D eigenvalue weighted by Gasteiger charge is 2.26. The first-order valence-electron chi connectivity index (χ1n) is 9.96. The number of nitrogens with zero attached hydrogens (tertiary/aromatic N) is 1. The van der Waals surface area contributed by atoms with Crippen LogP contribution in [-0.4, -0.2) is 34.6 Å². The molecule has 0 unspecified atom stereocenters. The SMILES string of the molecule is CC[C@H](C)NC(=O)[C@H](C)N(Cc1cccc(Cl)c1)C(=O)CSCc1ccc(Cl)cc1. The Balaban J connectivity index is 2.07. The molecule has 0 heterocycles. The van der Waals surface area contributed by atoms with Crippen molar-refractivity contribution in [2.24, 2.45) is 0 Å². The molecule has 2 atom stereocenters. The lowest BCUT2D eigenvalue weighted by atomic mass is 10.1. The summed E-state index contributed by atoms with van der Waals surface area (Å²) in [5.41, 5.74) is 1.99. The van der Waals surface area contributed by atoms with Gasteiger partial charge in [-0.3, -0.25) is 9.59 Å². The van der Waals surface area contributed by atoms with Crippen molar-refractivity contribution in [3.63, 3.8) is 0 Å². The van der Waals surface area contributed by atoms with Crippen LogP contribution in [0.4, 0.5) is 0 Å².